The van der Waals surface area contributed by atoms with E-state index in [9.17, 15) is 4.79 Å². The van der Waals surface area contributed by atoms with E-state index in [1.165, 1.54) is 5.57 Å². The number of ether oxygens (including phenoxy) is 1. The third-order valence-corrected chi connectivity index (χ3v) is 4.85. The van der Waals surface area contributed by atoms with E-state index >= 15 is 0 Å². The van der Waals surface area contributed by atoms with E-state index in [0.717, 1.165) is 65.8 Å². The normalized spacial score (nSPS) is 13.9. The summed E-state index contributed by atoms with van der Waals surface area (Å²) in [5.41, 5.74) is 4.20. The van der Waals surface area contributed by atoms with E-state index in [0.29, 0.717) is 0 Å². The Bertz CT molecular complexity index is 897. The number of aldehydes is 1. The molecule has 0 saturated heterocycles. The minimum absolute atomic E-state index is 0.255. The Morgan fingerprint density at radius 1 is 1.35 bits per heavy atom. The summed E-state index contributed by atoms with van der Waals surface area (Å²) in [5.74, 6) is 1.76. The molecule has 26 heavy (non-hydrogen) atoms. The van der Waals surface area contributed by atoms with Crippen LogP contribution in [0.2, 0.25) is 0 Å². The summed E-state index contributed by atoms with van der Waals surface area (Å²) in [6.07, 6.45) is 10.6. The molecule has 1 aromatic heterocycles. The second-order valence-electron chi connectivity index (χ2n) is 7.09. The highest BCUT2D eigenvalue weighted by molar-refractivity contribution is 6.00. The number of allylic oxidation sites excluding steroid dienone is 5. The van der Waals surface area contributed by atoms with E-state index in [1.807, 2.05) is 25.1 Å². The SMILES string of the molecule is C=C(CC)Oc1ccc2c(C=O)c(C(C)C)n(CC3=CCCC=C3)c2c1. The summed E-state index contributed by atoms with van der Waals surface area (Å²) in [6, 6.07) is 5.94. The maximum Gasteiger partial charge on any atom is 0.152 e. The summed E-state index contributed by atoms with van der Waals surface area (Å²) in [5, 5.41) is 0.985. The van der Waals surface area contributed by atoms with Crippen LogP contribution in [0.1, 0.15) is 62.0 Å². The first-order chi connectivity index (χ1) is 12.5. The van der Waals surface area contributed by atoms with Gasteiger partial charge in [-0.25, -0.2) is 0 Å². The second-order valence-corrected chi connectivity index (χ2v) is 7.09. The highest BCUT2D eigenvalue weighted by Crippen LogP contribution is 2.34. The zero-order valence-electron chi connectivity index (χ0n) is 15.9. The van der Waals surface area contributed by atoms with Crippen LogP contribution >= 0.6 is 0 Å². The molecule has 1 aliphatic carbocycles. The van der Waals surface area contributed by atoms with Crippen molar-refractivity contribution < 1.29 is 9.53 Å². The lowest BCUT2D eigenvalue weighted by Crippen LogP contribution is -2.08. The van der Waals surface area contributed by atoms with E-state index in [1.54, 1.807) is 0 Å². The Balaban J connectivity index is 2.16. The van der Waals surface area contributed by atoms with Crippen molar-refractivity contribution in [1.82, 2.24) is 4.57 Å². The molecular formula is C23H27NO2. The fourth-order valence-corrected chi connectivity index (χ4v) is 3.56. The lowest BCUT2D eigenvalue weighted by atomic mass is 10.0. The van der Waals surface area contributed by atoms with E-state index in [2.05, 4.69) is 43.2 Å². The zero-order valence-corrected chi connectivity index (χ0v) is 15.9. The van der Waals surface area contributed by atoms with Crippen molar-refractivity contribution in [1.29, 1.82) is 0 Å². The topological polar surface area (TPSA) is 31.2 Å². The fraction of sp³-hybridized carbons (Fsp3) is 0.348. The van der Waals surface area contributed by atoms with Gasteiger partial charge in [-0.1, -0.05) is 45.6 Å². The number of benzene rings is 1. The van der Waals surface area contributed by atoms with E-state index in [4.69, 9.17) is 4.74 Å². The average Bonchev–Trinajstić information content (AvgIpc) is 2.95. The third kappa shape index (κ3) is 3.52. The van der Waals surface area contributed by atoms with Crippen molar-refractivity contribution in [3.8, 4) is 5.75 Å². The van der Waals surface area contributed by atoms with Gasteiger partial charge in [0.05, 0.1) is 11.3 Å². The number of aromatic nitrogens is 1. The summed E-state index contributed by atoms with van der Waals surface area (Å²) in [4.78, 5) is 11.9. The van der Waals surface area contributed by atoms with Crippen LogP contribution in [0.15, 0.2) is 54.3 Å². The molecule has 0 aliphatic heterocycles. The molecule has 0 N–H and O–H groups in total. The molecular weight excluding hydrogens is 322 g/mol. The van der Waals surface area contributed by atoms with Crippen molar-refractivity contribution in [2.24, 2.45) is 0 Å². The van der Waals surface area contributed by atoms with Gasteiger partial charge in [-0.3, -0.25) is 4.79 Å². The van der Waals surface area contributed by atoms with Crippen molar-refractivity contribution in [2.75, 3.05) is 0 Å². The smallest absolute Gasteiger partial charge is 0.152 e. The lowest BCUT2D eigenvalue weighted by molar-refractivity contribution is 0.112. The summed E-state index contributed by atoms with van der Waals surface area (Å²) in [7, 11) is 0. The Hall–Kier alpha value is -2.55. The number of fused-ring (bicyclic) bond motifs is 1. The highest BCUT2D eigenvalue weighted by atomic mass is 16.5. The largest absolute Gasteiger partial charge is 0.462 e. The standard InChI is InChI=1S/C23H27NO2/c1-5-17(4)26-19-11-12-20-21(15-25)23(16(2)3)24(22(20)13-19)14-18-9-7-6-8-10-18/h7,9-13,15-16H,4-6,8,14H2,1-3H3. The molecule has 0 saturated carbocycles. The lowest BCUT2D eigenvalue weighted by Gasteiger charge is -2.16. The Morgan fingerprint density at radius 2 is 2.15 bits per heavy atom. The van der Waals surface area contributed by atoms with Gasteiger partial charge in [-0.15, -0.1) is 0 Å². The van der Waals surface area contributed by atoms with Crippen LogP contribution < -0.4 is 4.74 Å². The van der Waals surface area contributed by atoms with Crippen molar-refractivity contribution in [2.45, 2.75) is 52.5 Å². The molecule has 0 fully saturated rings. The maximum atomic E-state index is 11.9. The minimum atomic E-state index is 0.255. The van der Waals surface area contributed by atoms with Crippen molar-refractivity contribution in [3.05, 3.63) is 65.6 Å². The van der Waals surface area contributed by atoms with Gasteiger partial charge >= 0.3 is 0 Å². The van der Waals surface area contributed by atoms with Gasteiger partial charge in [-0.05, 0) is 36.5 Å². The molecule has 1 aromatic carbocycles. The molecule has 136 valence electrons. The van der Waals surface area contributed by atoms with Crippen LogP contribution in [0.25, 0.3) is 10.9 Å². The van der Waals surface area contributed by atoms with Gasteiger partial charge in [0.15, 0.2) is 6.29 Å². The predicted molar refractivity (Wildman–Crippen MR) is 108 cm³/mol. The number of hydrogen-bond donors (Lipinski definition) is 0. The molecule has 1 heterocycles. The summed E-state index contributed by atoms with van der Waals surface area (Å²) < 4.78 is 8.11. The van der Waals surface area contributed by atoms with Crippen LogP contribution in [0.4, 0.5) is 0 Å². The monoisotopic (exact) mass is 349 g/mol. The van der Waals surface area contributed by atoms with E-state index < -0.39 is 0 Å². The molecule has 2 aromatic rings. The zero-order chi connectivity index (χ0) is 18.7. The number of nitrogens with zero attached hydrogens (tertiary/aromatic N) is 1. The Labute approximate surface area is 155 Å². The van der Waals surface area contributed by atoms with Crippen LogP contribution in [0.3, 0.4) is 0 Å². The molecule has 3 heteroatoms. The Morgan fingerprint density at radius 3 is 2.77 bits per heavy atom. The van der Waals surface area contributed by atoms with Gasteiger partial charge in [0.1, 0.15) is 5.75 Å². The predicted octanol–water partition coefficient (Wildman–Crippen LogP) is 6.16. The minimum Gasteiger partial charge on any atom is -0.462 e. The quantitative estimate of drug-likeness (QED) is 0.443. The van der Waals surface area contributed by atoms with Crippen molar-refractivity contribution >= 4 is 17.2 Å². The van der Waals surface area contributed by atoms with Gasteiger partial charge < -0.3 is 9.30 Å². The maximum absolute atomic E-state index is 11.9. The average molecular weight is 349 g/mol. The molecule has 0 amide bonds. The van der Waals surface area contributed by atoms with Crippen LogP contribution in [-0.4, -0.2) is 10.9 Å². The van der Waals surface area contributed by atoms with E-state index in [-0.39, 0.29) is 5.92 Å². The van der Waals surface area contributed by atoms with Gasteiger partial charge in [0.2, 0.25) is 0 Å². The molecule has 0 bridgehead atoms. The third-order valence-electron chi connectivity index (χ3n) is 4.85. The van der Waals surface area contributed by atoms with Gasteiger partial charge in [0, 0.05) is 35.7 Å². The highest BCUT2D eigenvalue weighted by Gasteiger charge is 2.20. The molecule has 0 spiro atoms. The first-order valence-corrected chi connectivity index (χ1v) is 9.37. The number of carbonyl (C=O) groups is 1. The van der Waals surface area contributed by atoms with Gasteiger partial charge in [0.25, 0.3) is 0 Å². The van der Waals surface area contributed by atoms with Crippen molar-refractivity contribution in [3.63, 3.8) is 0 Å². The molecule has 0 radical (unpaired) electrons. The molecule has 1 aliphatic rings. The van der Waals surface area contributed by atoms with Crippen LogP contribution in [0, 0.1) is 0 Å². The fourth-order valence-electron chi connectivity index (χ4n) is 3.56. The number of carbonyl (C=O) groups excluding carboxylic acids is 1. The first-order valence-electron chi connectivity index (χ1n) is 9.37. The second kappa shape index (κ2) is 7.77. The molecule has 3 nitrogen and oxygen atoms in total. The van der Waals surface area contributed by atoms with Gasteiger partial charge in [-0.2, -0.15) is 0 Å². The van der Waals surface area contributed by atoms with Crippen LogP contribution in [-0.2, 0) is 6.54 Å². The summed E-state index contributed by atoms with van der Waals surface area (Å²) >= 11 is 0. The van der Waals surface area contributed by atoms with Crippen LogP contribution in [0.5, 0.6) is 5.75 Å². The number of hydrogen-bond acceptors (Lipinski definition) is 2. The molecule has 0 unspecified atom stereocenters. The number of rotatable bonds is 7. The molecule has 0 atom stereocenters. The first kappa shape index (κ1) is 18.2. The Kier molecular flexibility index (Phi) is 5.46. The molecule has 3 rings (SSSR count). The summed E-state index contributed by atoms with van der Waals surface area (Å²) in [6.45, 7) is 11.0.